The molecule has 0 aromatic heterocycles. The normalized spacial score (nSPS) is 14.3. The molecule has 1 fully saturated rings. The van der Waals surface area contributed by atoms with E-state index in [1.54, 1.807) is 49.4 Å². The second kappa shape index (κ2) is 11.8. The Kier molecular flexibility index (Phi) is 8.52. The van der Waals surface area contributed by atoms with Gasteiger partial charge in [0.2, 0.25) is 0 Å². The molecule has 7 nitrogen and oxygen atoms in total. The second-order valence-corrected chi connectivity index (χ2v) is 9.87. The Balaban J connectivity index is 1.51. The maximum absolute atomic E-state index is 13.1. The van der Waals surface area contributed by atoms with Gasteiger partial charge in [-0.3, -0.25) is 14.4 Å². The van der Waals surface area contributed by atoms with E-state index in [1.165, 1.54) is 24.3 Å². The van der Waals surface area contributed by atoms with E-state index in [1.807, 2.05) is 0 Å². The van der Waals surface area contributed by atoms with Crippen LogP contribution in [0.5, 0.6) is 11.5 Å². The van der Waals surface area contributed by atoms with Crippen molar-refractivity contribution < 1.29 is 28.2 Å². The number of nitrogens with zero attached hydrogens (tertiary/aromatic N) is 1. The Hall–Kier alpha value is -3.34. The predicted molar refractivity (Wildman–Crippen MR) is 146 cm³/mol. The number of anilines is 2. The average molecular weight is 606 g/mol. The molecular weight excluding hydrogens is 587 g/mol. The number of hydrogen-bond acceptors (Lipinski definition) is 6. The third-order valence-electron chi connectivity index (χ3n) is 5.01. The lowest BCUT2D eigenvalue weighted by atomic mass is 10.1. The van der Waals surface area contributed by atoms with Crippen LogP contribution in [0.4, 0.5) is 20.6 Å². The highest BCUT2D eigenvalue weighted by atomic mass is 79.9. The highest BCUT2D eigenvalue weighted by molar-refractivity contribution is 9.10. The van der Waals surface area contributed by atoms with E-state index in [0.29, 0.717) is 44.5 Å². The summed E-state index contributed by atoms with van der Waals surface area (Å²) < 4.78 is 25.0. The second-order valence-electron chi connectivity index (χ2n) is 7.59. The van der Waals surface area contributed by atoms with E-state index in [2.05, 4.69) is 21.2 Å². The van der Waals surface area contributed by atoms with Crippen molar-refractivity contribution in [2.75, 3.05) is 23.4 Å². The van der Waals surface area contributed by atoms with Crippen LogP contribution in [-0.2, 0) is 9.59 Å². The van der Waals surface area contributed by atoms with Gasteiger partial charge >= 0.3 is 0 Å². The van der Waals surface area contributed by atoms with Gasteiger partial charge in [-0.25, -0.2) is 9.29 Å². The minimum absolute atomic E-state index is 0.232. The Labute approximate surface area is 229 Å². The molecule has 0 aliphatic carbocycles. The summed E-state index contributed by atoms with van der Waals surface area (Å²) >= 11 is 10.2. The molecule has 0 unspecified atom stereocenters. The number of nitrogens with one attached hydrogen (secondary N) is 1. The van der Waals surface area contributed by atoms with Crippen molar-refractivity contribution in [1.82, 2.24) is 0 Å². The Morgan fingerprint density at radius 1 is 1.08 bits per heavy atom. The number of rotatable bonds is 8. The van der Waals surface area contributed by atoms with Crippen LogP contribution in [-0.4, -0.2) is 30.3 Å². The fraction of sp³-hybridized carbons (Fsp3) is 0.115. The molecule has 0 radical (unpaired) electrons. The van der Waals surface area contributed by atoms with Crippen molar-refractivity contribution in [3.8, 4) is 11.5 Å². The smallest absolute Gasteiger partial charge is 0.298 e. The SMILES string of the molecule is CCOc1cc(/C=C2/SC(=O)N(c3ccc(Cl)cc3)C2=O)c(Br)cc1OCC(=O)Nc1ccc(F)cc1. The van der Waals surface area contributed by atoms with Gasteiger partial charge in [-0.2, -0.15) is 0 Å². The van der Waals surface area contributed by atoms with Gasteiger partial charge in [0.25, 0.3) is 17.1 Å². The van der Waals surface area contributed by atoms with Crippen molar-refractivity contribution in [3.05, 3.63) is 86.4 Å². The van der Waals surface area contributed by atoms with Gasteiger partial charge < -0.3 is 14.8 Å². The van der Waals surface area contributed by atoms with Crippen LogP contribution in [0.3, 0.4) is 0 Å². The van der Waals surface area contributed by atoms with E-state index >= 15 is 0 Å². The first kappa shape index (κ1) is 26.7. The molecule has 4 rings (SSSR count). The Morgan fingerprint density at radius 3 is 2.43 bits per heavy atom. The monoisotopic (exact) mass is 604 g/mol. The van der Waals surface area contributed by atoms with Crippen molar-refractivity contribution in [2.45, 2.75) is 6.92 Å². The molecule has 0 bridgehead atoms. The van der Waals surface area contributed by atoms with Gasteiger partial charge in [-0.15, -0.1) is 0 Å². The third kappa shape index (κ3) is 6.51. The fourth-order valence-corrected chi connectivity index (χ4v) is 4.73. The number of thioether (sulfide) groups is 1. The van der Waals surface area contributed by atoms with Crippen molar-refractivity contribution >= 4 is 73.8 Å². The quantitative estimate of drug-likeness (QED) is 0.281. The molecule has 1 saturated heterocycles. The fourth-order valence-electron chi connectivity index (χ4n) is 3.34. The Bertz CT molecular complexity index is 1380. The molecule has 3 aromatic carbocycles. The third-order valence-corrected chi connectivity index (χ3v) is 6.82. The molecule has 0 saturated carbocycles. The molecule has 3 amide bonds. The molecule has 190 valence electrons. The van der Waals surface area contributed by atoms with Crippen molar-refractivity contribution in [3.63, 3.8) is 0 Å². The van der Waals surface area contributed by atoms with Gasteiger partial charge in [0.15, 0.2) is 18.1 Å². The first-order chi connectivity index (χ1) is 17.7. The molecule has 1 aliphatic rings. The van der Waals surface area contributed by atoms with E-state index in [9.17, 15) is 18.8 Å². The van der Waals surface area contributed by atoms with Crippen LogP contribution in [0.2, 0.25) is 5.02 Å². The highest BCUT2D eigenvalue weighted by Gasteiger charge is 2.36. The minimum Gasteiger partial charge on any atom is -0.490 e. The van der Waals surface area contributed by atoms with Crippen molar-refractivity contribution in [1.29, 1.82) is 0 Å². The lowest BCUT2D eigenvalue weighted by Crippen LogP contribution is -2.27. The van der Waals surface area contributed by atoms with E-state index in [0.717, 1.165) is 16.7 Å². The number of amides is 3. The first-order valence-corrected chi connectivity index (χ1v) is 12.9. The topological polar surface area (TPSA) is 84.9 Å². The number of imide groups is 1. The van der Waals surface area contributed by atoms with Crippen molar-refractivity contribution in [2.24, 2.45) is 0 Å². The van der Waals surface area contributed by atoms with Crippen LogP contribution >= 0.6 is 39.3 Å². The zero-order chi connectivity index (χ0) is 26.5. The number of ether oxygens (including phenoxy) is 2. The zero-order valence-electron chi connectivity index (χ0n) is 19.3. The number of carbonyl (C=O) groups excluding carboxylic acids is 3. The summed E-state index contributed by atoms with van der Waals surface area (Å²) in [4.78, 5) is 39.1. The molecule has 1 aliphatic heterocycles. The number of benzene rings is 3. The van der Waals surface area contributed by atoms with Crippen LogP contribution in [0.15, 0.2) is 70.0 Å². The zero-order valence-corrected chi connectivity index (χ0v) is 22.5. The lowest BCUT2D eigenvalue weighted by Gasteiger charge is -2.14. The molecular formula is C26H19BrClFN2O5S. The molecule has 0 atom stereocenters. The van der Waals surface area contributed by atoms with Crippen LogP contribution in [0, 0.1) is 5.82 Å². The number of halogens is 3. The van der Waals surface area contributed by atoms with Gasteiger partial charge in [0, 0.05) is 15.2 Å². The van der Waals surface area contributed by atoms with Gasteiger partial charge in [-0.1, -0.05) is 27.5 Å². The summed E-state index contributed by atoms with van der Waals surface area (Å²) in [6.45, 7) is 1.81. The van der Waals surface area contributed by atoms with Crippen LogP contribution in [0.25, 0.3) is 6.08 Å². The molecule has 1 heterocycles. The summed E-state index contributed by atoms with van der Waals surface area (Å²) in [6.07, 6.45) is 1.58. The average Bonchev–Trinajstić information content (AvgIpc) is 3.14. The molecule has 0 spiro atoms. The van der Waals surface area contributed by atoms with E-state index in [4.69, 9.17) is 21.1 Å². The van der Waals surface area contributed by atoms with Crippen LogP contribution in [0.1, 0.15) is 12.5 Å². The standard InChI is InChI=1S/C26H19BrClFN2O5S/c1-2-35-21-11-15(12-23-25(33)31(26(34)37-23)19-9-3-16(28)4-10-19)20(27)13-22(21)36-14-24(32)30-18-7-5-17(29)6-8-18/h3-13H,2,14H2,1H3,(H,30,32)/b23-12+. The highest BCUT2D eigenvalue weighted by Crippen LogP contribution is 2.39. The largest absolute Gasteiger partial charge is 0.490 e. The Morgan fingerprint density at radius 2 is 1.76 bits per heavy atom. The number of carbonyl (C=O) groups is 3. The summed E-state index contributed by atoms with van der Waals surface area (Å²) in [5, 5.41) is 2.69. The van der Waals surface area contributed by atoms with E-state index < -0.39 is 22.9 Å². The predicted octanol–water partition coefficient (Wildman–Crippen LogP) is 6.90. The van der Waals surface area contributed by atoms with Gasteiger partial charge in [0.1, 0.15) is 5.82 Å². The minimum atomic E-state index is -0.458. The summed E-state index contributed by atoms with van der Waals surface area (Å²) in [5.41, 5.74) is 1.43. The lowest BCUT2D eigenvalue weighted by molar-refractivity contribution is -0.118. The first-order valence-electron chi connectivity index (χ1n) is 10.9. The summed E-state index contributed by atoms with van der Waals surface area (Å²) in [5.74, 6) is -0.654. The van der Waals surface area contributed by atoms with E-state index in [-0.39, 0.29) is 11.5 Å². The molecule has 1 N–H and O–H groups in total. The summed E-state index contributed by atoms with van der Waals surface area (Å²) in [7, 11) is 0. The van der Waals surface area contributed by atoms with Gasteiger partial charge in [-0.05, 0) is 91.0 Å². The van der Waals surface area contributed by atoms with Gasteiger partial charge in [0.05, 0.1) is 17.2 Å². The maximum Gasteiger partial charge on any atom is 0.298 e. The number of hydrogen-bond donors (Lipinski definition) is 1. The van der Waals surface area contributed by atoms with Crippen LogP contribution < -0.4 is 19.7 Å². The molecule has 37 heavy (non-hydrogen) atoms. The molecule has 3 aromatic rings. The maximum atomic E-state index is 13.1. The molecule has 11 heteroatoms. The summed E-state index contributed by atoms with van der Waals surface area (Å²) in [6, 6.07) is 15.0.